The van der Waals surface area contributed by atoms with E-state index in [4.69, 9.17) is 9.47 Å². The summed E-state index contributed by atoms with van der Waals surface area (Å²) in [5.74, 6) is 0.615. The third kappa shape index (κ3) is 5.36. The van der Waals surface area contributed by atoms with Gasteiger partial charge >= 0.3 is 0 Å². The zero-order chi connectivity index (χ0) is 12.8. The highest BCUT2D eigenvalue weighted by Crippen LogP contribution is 2.22. The first-order valence-corrected chi connectivity index (χ1v) is 7.03. The average molecular weight is 243 g/mol. The van der Waals surface area contributed by atoms with E-state index in [1.54, 1.807) is 0 Å². The van der Waals surface area contributed by atoms with Gasteiger partial charge in [0.05, 0.1) is 24.9 Å². The largest absolute Gasteiger partial charge is 0.376 e. The molecule has 0 saturated carbocycles. The molecule has 0 aromatic rings. The predicted molar refractivity (Wildman–Crippen MR) is 71.3 cm³/mol. The molecule has 1 N–H and O–H groups in total. The second-order valence-corrected chi connectivity index (χ2v) is 5.59. The van der Waals surface area contributed by atoms with Crippen LogP contribution in [0.5, 0.6) is 0 Å². The Morgan fingerprint density at radius 2 is 1.82 bits per heavy atom. The maximum atomic E-state index is 6.06. The Kier molecular flexibility index (Phi) is 6.45. The fourth-order valence-corrected chi connectivity index (χ4v) is 2.47. The summed E-state index contributed by atoms with van der Waals surface area (Å²) < 4.78 is 11.8. The molecule has 3 unspecified atom stereocenters. The van der Waals surface area contributed by atoms with Gasteiger partial charge in [-0.1, -0.05) is 20.8 Å². The van der Waals surface area contributed by atoms with Crippen molar-refractivity contribution in [2.24, 2.45) is 5.92 Å². The van der Waals surface area contributed by atoms with Crippen molar-refractivity contribution < 1.29 is 9.47 Å². The summed E-state index contributed by atoms with van der Waals surface area (Å²) in [5.41, 5.74) is 0. The molecular weight excluding hydrogens is 214 g/mol. The predicted octanol–water partition coefficient (Wildman–Crippen LogP) is 2.59. The number of hydrogen-bond acceptors (Lipinski definition) is 3. The first kappa shape index (κ1) is 14.9. The molecule has 0 aromatic carbocycles. The first-order chi connectivity index (χ1) is 8.02. The molecule has 102 valence electrons. The van der Waals surface area contributed by atoms with Crippen molar-refractivity contribution >= 4 is 0 Å². The zero-order valence-electron chi connectivity index (χ0n) is 12.0. The molecule has 1 aliphatic rings. The Morgan fingerprint density at radius 3 is 2.29 bits per heavy atom. The Morgan fingerprint density at radius 1 is 1.24 bits per heavy atom. The summed E-state index contributed by atoms with van der Waals surface area (Å²) in [6, 6.07) is 0.466. The third-order valence-electron chi connectivity index (χ3n) is 3.44. The monoisotopic (exact) mass is 243 g/mol. The topological polar surface area (TPSA) is 30.5 Å². The van der Waals surface area contributed by atoms with Crippen LogP contribution in [0.4, 0.5) is 0 Å². The van der Waals surface area contributed by atoms with E-state index >= 15 is 0 Å². The molecule has 0 aromatic heterocycles. The molecule has 1 heterocycles. The van der Waals surface area contributed by atoms with Crippen LogP contribution in [0.2, 0.25) is 0 Å². The standard InChI is InChI=1S/C14H29NO2/c1-6-15-14(10(2)3)9-16-13-7-11(4)17-12(5)8-13/h10-15H,6-9H2,1-5H3. The lowest BCUT2D eigenvalue weighted by atomic mass is 10.0. The van der Waals surface area contributed by atoms with Crippen molar-refractivity contribution in [3.05, 3.63) is 0 Å². The quantitative estimate of drug-likeness (QED) is 0.778. The van der Waals surface area contributed by atoms with Gasteiger partial charge in [0, 0.05) is 6.04 Å². The van der Waals surface area contributed by atoms with Gasteiger partial charge in [-0.15, -0.1) is 0 Å². The summed E-state index contributed by atoms with van der Waals surface area (Å²) in [4.78, 5) is 0. The Bertz CT molecular complexity index is 198. The highest BCUT2D eigenvalue weighted by molar-refractivity contribution is 4.76. The molecule has 0 radical (unpaired) electrons. The molecule has 0 aliphatic carbocycles. The summed E-state index contributed by atoms with van der Waals surface area (Å²) >= 11 is 0. The molecule has 3 heteroatoms. The van der Waals surface area contributed by atoms with E-state index in [1.165, 1.54) is 0 Å². The number of rotatable bonds is 6. The van der Waals surface area contributed by atoms with E-state index in [9.17, 15) is 0 Å². The van der Waals surface area contributed by atoms with Crippen molar-refractivity contribution in [2.75, 3.05) is 13.2 Å². The lowest BCUT2D eigenvalue weighted by Crippen LogP contribution is -2.41. The van der Waals surface area contributed by atoms with Gasteiger partial charge in [-0.05, 0) is 39.2 Å². The van der Waals surface area contributed by atoms with Crippen LogP contribution in [0.1, 0.15) is 47.5 Å². The fourth-order valence-electron chi connectivity index (χ4n) is 2.47. The summed E-state index contributed by atoms with van der Waals surface area (Å²) in [6.07, 6.45) is 3.09. The molecule has 1 saturated heterocycles. The maximum absolute atomic E-state index is 6.06. The van der Waals surface area contributed by atoms with Crippen LogP contribution < -0.4 is 5.32 Å². The van der Waals surface area contributed by atoms with Crippen molar-refractivity contribution in [1.29, 1.82) is 0 Å². The van der Waals surface area contributed by atoms with Crippen molar-refractivity contribution in [2.45, 2.75) is 71.8 Å². The SMILES string of the molecule is CCNC(COC1CC(C)OC(C)C1)C(C)C. The van der Waals surface area contributed by atoms with E-state index < -0.39 is 0 Å². The maximum Gasteiger partial charge on any atom is 0.0625 e. The molecule has 17 heavy (non-hydrogen) atoms. The number of ether oxygens (including phenoxy) is 2. The average Bonchev–Trinajstić information content (AvgIpc) is 2.22. The summed E-state index contributed by atoms with van der Waals surface area (Å²) in [6.45, 7) is 12.7. The third-order valence-corrected chi connectivity index (χ3v) is 3.44. The van der Waals surface area contributed by atoms with E-state index in [1.807, 2.05) is 0 Å². The second-order valence-electron chi connectivity index (χ2n) is 5.59. The minimum absolute atomic E-state index is 0.334. The van der Waals surface area contributed by atoms with Crippen LogP contribution in [0.3, 0.4) is 0 Å². The van der Waals surface area contributed by atoms with Crippen LogP contribution in [-0.4, -0.2) is 37.5 Å². The number of nitrogens with one attached hydrogen (secondary N) is 1. The van der Waals surface area contributed by atoms with Crippen LogP contribution in [0.15, 0.2) is 0 Å². The molecule has 1 rings (SSSR count). The molecule has 1 aliphatic heterocycles. The normalized spacial score (nSPS) is 31.8. The Labute approximate surface area is 106 Å². The minimum atomic E-state index is 0.334. The van der Waals surface area contributed by atoms with Crippen molar-refractivity contribution in [3.8, 4) is 0 Å². The highest BCUT2D eigenvalue weighted by Gasteiger charge is 2.26. The smallest absolute Gasteiger partial charge is 0.0625 e. The van der Waals surface area contributed by atoms with Crippen LogP contribution in [0, 0.1) is 5.92 Å². The second kappa shape index (κ2) is 7.34. The summed E-state index contributed by atoms with van der Waals surface area (Å²) in [7, 11) is 0. The van der Waals surface area contributed by atoms with Gasteiger partial charge < -0.3 is 14.8 Å². The van der Waals surface area contributed by atoms with Gasteiger partial charge in [0.15, 0.2) is 0 Å². The Balaban J connectivity index is 2.32. The molecular formula is C14H29NO2. The molecule has 1 fully saturated rings. The lowest BCUT2D eigenvalue weighted by molar-refractivity contribution is -0.106. The van der Waals surface area contributed by atoms with E-state index in [2.05, 4.69) is 39.9 Å². The zero-order valence-corrected chi connectivity index (χ0v) is 12.0. The van der Waals surface area contributed by atoms with Gasteiger partial charge in [-0.2, -0.15) is 0 Å². The van der Waals surface area contributed by atoms with Gasteiger partial charge in [-0.25, -0.2) is 0 Å². The van der Waals surface area contributed by atoms with E-state index in [0.29, 0.717) is 30.3 Å². The number of likely N-dealkylation sites (N-methyl/N-ethyl adjacent to an activating group) is 1. The lowest BCUT2D eigenvalue weighted by Gasteiger charge is -2.33. The van der Waals surface area contributed by atoms with Gasteiger partial charge in [0.1, 0.15) is 0 Å². The molecule has 0 spiro atoms. The van der Waals surface area contributed by atoms with E-state index in [0.717, 1.165) is 26.0 Å². The van der Waals surface area contributed by atoms with Crippen LogP contribution >= 0.6 is 0 Å². The van der Waals surface area contributed by atoms with Gasteiger partial charge in [-0.3, -0.25) is 0 Å². The van der Waals surface area contributed by atoms with Crippen LogP contribution in [0.25, 0.3) is 0 Å². The Hall–Kier alpha value is -0.120. The molecule has 3 nitrogen and oxygen atoms in total. The van der Waals surface area contributed by atoms with Crippen LogP contribution in [-0.2, 0) is 9.47 Å². The molecule has 0 amide bonds. The van der Waals surface area contributed by atoms with Gasteiger partial charge in [0.25, 0.3) is 0 Å². The molecule has 0 bridgehead atoms. The molecule has 3 atom stereocenters. The summed E-state index contributed by atoms with van der Waals surface area (Å²) in [5, 5.41) is 3.49. The van der Waals surface area contributed by atoms with Crippen molar-refractivity contribution in [3.63, 3.8) is 0 Å². The van der Waals surface area contributed by atoms with Crippen molar-refractivity contribution in [1.82, 2.24) is 5.32 Å². The highest BCUT2D eigenvalue weighted by atomic mass is 16.5. The first-order valence-electron chi connectivity index (χ1n) is 7.03. The van der Waals surface area contributed by atoms with Gasteiger partial charge in [0.2, 0.25) is 0 Å². The number of hydrogen-bond donors (Lipinski definition) is 1. The van der Waals surface area contributed by atoms with E-state index in [-0.39, 0.29) is 0 Å². The minimum Gasteiger partial charge on any atom is -0.376 e. The fraction of sp³-hybridized carbons (Fsp3) is 1.00.